The van der Waals surface area contributed by atoms with Crippen molar-refractivity contribution in [3.63, 3.8) is 0 Å². The molecule has 0 radical (unpaired) electrons. The van der Waals surface area contributed by atoms with E-state index >= 15 is 13.2 Å². The number of imide groups is 2. The number of carbonyl (C=O) groups is 5. The van der Waals surface area contributed by atoms with Gasteiger partial charge in [0.05, 0.1) is 42.4 Å². The zero-order valence-corrected chi connectivity index (χ0v) is 34.7. The number of hydrogen-bond donors (Lipinski definition) is 2. The largest absolute Gasteiger partial charge is 0.494 e. The molecular formula is C43H49F3N10O6. The number of nitrogens with zero attached hydrogens (tertiary/aromatic N) is 8. The smallest absolute Gasteiger partial charge is 0.342 e. The Morgan fingerprint density at radius 3 is 2.31 bits per heavy atom. The van der Waals surface area contributed by atoms with Gasteiger partial charge in [-0.2, -0.15) is 13.8 Å². The van der Waals surface area contributed by atoms with Gasteiger partial charge in [-0.25, -0.2) is 9.37 Å². The van der Waals surface area contributed by atoms with Gasteiger partial charge in [0.1, 0.15) is 23.3 Å². The molecule has 6 aliphatic rings. The Balaban J connectivity index is 0.801. The van der Waals surface area contributed by atoms with E-state index in [0.717, 1.165) is 73.9 Å². The fourth-order valence-electron chi connectivity index (χ4n) is 9.84. The minimum Gasteiger partial charge on any atom is -0.494 e. The van der Waals surface area contributed by atoms with E-state index in [1.165, 1.54) is 31.3 Å². The highest BCUT2D eigenvalue weighted by Gasteiger charge is 2.49. The second-order valence-electron chi connectivity index (χ2n) is 17.1. The lowest BCUT2D eigenvalue weighted by Crippen LogP contribution is -2.54. The molecule has 16 nitrogen and oxygen atoms in total. The van der Waals surface area contributed by atoms with E-state index in [2.05, 4.69) is 30.4 Å². The van der Waals surface area contributed by atoms with Crippen LogP contribution >= 0.6 is 0 Å². The number of hydrogen-bond acceptors (Lipinski definition) is 13. The lowest BCUT2D eigenvalue weighted by molar-refractivity contribution is -0.140. The number of anilines is 6. The summed E-state index contributed by atoms with van der Waals surface area (Å²) in [5.74, 6) is -6.43. The Bertz CT molecular complexity index is 2310. The van der Waals surface area contributed by atoms with Gasteiger partial charge in [0.2, 0.25) is 17.8 Å². The van der Waals surface area contributed by atoms with Crippen LogP contribution in [0.5, 0.6) is 5.75 Å². The first-order valence-corrected chi connectivity index (χ1v) is 21.3. The molecule has 5 aliphatic heterocycles. The molecule has 1 saturated carbocycles. The van der Waals surface area contributed by atoms with Crippen LogP contribution in [0.4, 0.5) is 47.7 Å². The Labute approximate surface area is 356 Å². The second-order valence-corrected chi connectivity index (χ2v) is 17.1. The molecule has 3 saturated heterocycles. The second kappa shape index (κ2) is 16.4. The van der Waals surface area contributed by atoms with E-state index in [4.69, 9.17) is 4.74 Å². The predicted molar refractivity (Wildman–Crippen MR) is 223 cm³/mol. The van der Waals surface area contributed by atoms with E-state index in [1.54, 1.807) is 18.2 Å². The fraction of sp³-hybridized carbons (Fsp3) is 0.512. The minimum atomic E-state index is -3.61. The summed E-state index contributed by atoms with van der Waals surface area (Å²) in [6.45, 7) is 4.48. The van der Waals surface area contributed by atoms with Crippen LogP contribution in [0, 0.1) is 11.7 Å². The average Bonchev–Trinajstić information content (AvgIpc) is 3.87. The zero-order valence-electron chi connectivity index (χ0n) is 34.7. The number of amides is 5. The van der Waals surface area contributed by atoms with Crippen molar-refractivity contribution in [3.05, 3.63) is 53.5 Å². The van der Waals surface area contributed by atoms with Crippen molar-refractivity contribution in [2.24, 2.45) is 5.92 Å². The van der Waals surface area contributed by atoms with Gasteiger partial charge in [0.15, 0.2) is 5.82 Å². The lowest BCUT2D eigenvalue weighted by atomic mass is 9.95. The third kappa shape index (κ3) is 7.64. The van der Waals surface area contributed by atoms with Crippen LogP contribution < -0.4 is 35.0 Å². The van der Waals surface area contributed by atoms with Crippen LogP contribution in [0.1, 0.15) is 72.1 Å². The Morgan fingerprint density at radius 1 is 0.871 bits per heavy atom. The molecule has 62 heavy (non-hydrogen) atoms. The van der Waals surface area contributed by atoms with Gasteiger partial charge < -0.3 is 29.7 Å². The van der Waals surface area contributed by atoms with Crippen molar-refractivity contribution in [1.82, 2.24) is 25.1 Å². The van der Waals surface area contributed by atoms with Crippen molar-refractivity contribution in [2.45, 2.75) is 69.4 Å². The Hall–Kier alpha value is -5.98. The first-order chi connectivity index (χ1) is 29.8. The van der Waals surface area contributed by atoms with Crippen LogP contribution in [0.2, 0.25) is 0 Å². The summed E-state index contributed by atoms with van der Waals surface area (Å²) in [5, 5.41) is 5.26. The number of methoxy groups -OCH3 is 1. The van der Waals surface area contributed by atoms with Crippen LogP contribution in [0.25, 0.3) is 0 Å². The monoisotopic (exact) mass is 858 g/mol. The van der Waals surface area contributed by atoms with Gasteiger partial charge in [0, 0.05) is 83.1 Å². The van der Waals surface area contributed by atoms with Crippen molar-refractivity contribution >= 4 is 64.1 Å². The van der Waals surface area contributed by atoms with Crippen LogP contribution in [0.15, 0.2) is 36.5 Å². The van der Waals surface area contributed by atoms with Gasteiger partial charge in [-0.1, -0.05) is 12.8 Å². The number of piperazine rings is 1. The summed E-state index contributed by atoms with van der Waals surface area (Å²) in [5.41, 5.74) is 2.21. The molecule has 19 heteroatoms. The van der Waals surface area contributed by atoms with E-state index < -0.39 is 53.9 Å². The number of ether oxygens (including phenoxy) is 1. The number of piperidine rings is 2. The third-order valence-corrected chi connectivity index (χ3v) is 13.3. The number of aromatic nitrogens is 2. The number of benzene rings is 2. The number of halogens is 3. The highest BCUT2D eigenvalue weighted by atomic mass is 19.3. The highest BCUT2D eigenvalue weighted by molar-refractivity contribution is 6.23. The highest BCUT2D eigenvalue weighted by Crippen LogP contribution is 2.41. The third-order valence-electron chi connectivity index (χ3n) is 13.3. The summed E-state index contributed by atoms with van der Waals surface area (Å²) in [6, 6.07) is 6.98. The lowest BCUT2D eigenvalue weighted by Gasteiger charge is -2.40. The molecular weight excluding hydrogens is 810 g/mol. The normalized spacial score (nSPS) is 22.6. The van der Waals surface area contributed by atoms with Gasteiger partial charge >= 0.3 is 5.92 Å². The molecule has 1 unspecified atom stereocenters. The van der Waals surface area contributed by atoms with E-state index in [1.807, 2.05) is 11.0 Å². The summed E-state index contributed by atoms with van der Waals surface area (Å²) in [4.78, 5) is 82.3. The molecule has 0 spiro atoms. The number of nitrogens with one attached hydrogen (secondary N) is 2. The average molecular weight is 859 g/mol. The maximum Gasteiger partial charge on any atom is 0.342 e. The van der Waals surface area contributed by atoms with Gasteiger partial charge in [-0.15, -0.1) is 0 Å². The van der Waals surface area contributed by atoms with Gasteiger partial charge in [-0.05, 0) is 56.2 Å². The summed E-state index contributed by atoms with van der Waals surface area (Å²) >= 11 is 0. The molecule has 6 heterocycles. The molecule has 1 aliphatic carbocycles. The van der Waals surface area contributed by atoms with Crippen molar-refractivity contribution in [2.75, 3.05) is 91.4 Å². The van der Waals surface area contributed by atoms with Crippen LogP contribution in [-0.4, -0.2) is 134 Å². The van der Waals surface area contributed by atoms with E-state index in [-0.39, 0.29) is 53.2 Å². The topological polar surface area (TPSA) is 164 Å². The molecule has 3 aromatic rings. The van der Waals surface area contributed by atoms with Crippen molar-refractivity contribution in [3.8, 4) is 5.75 Å². The maximum absolute atomic E-state index is 15.9. The molecule has 9 rings (SSSR count). The fourth-order valence-corrected chi connectivity index (χ4v) is 9.84. The van der Waals surface area contributed by atoms with Gasteiger partial charge in [-0.3, -0.25) is 39.1 Å². The van der Waals surface area contributed by atoms with Crippen molar-refractivity contribution in [1.29, 1.82) is 0 Å². The standard InChI is InChI=1S/C43H49F3N10O6/c1-51-34-22-47-42(50-37(34)55(26-5-3-4-6-26)24-43(45,46)41(51)61)48-31-20-30(44)33(21-35(31)62-2)54-13-11-25(12-14-54)23-52-15-17-53(18-16-52)27-7-8-28-29(19-27)40(60)56(39(28)59)32-9-10-36(57)49-38(32)58/h7-8,19-22,25-26,32H,3-6,9-18,23-24H2,1-2H3,(H,47,48,50)(H,49,57,58). The molecule has 1 aromatic heterocycles. The predicted octanol–water partition coefficient (Wildman–Crippen LogP) is 4.17. The maximum atomic E-state index is 15.9. The Kier molecular flexibility index (Phi) is 10.9. The summed E-state index contributed by atoms with van der Waals surface area (Å²) < 4.78 is 51.8. The number of rotatable bonds is 9. The molecule has 1 atom stereocenters. The van der Waals surface area contributed by atoms with Crippen LogP contribution in [0.3, 0.4) is 0 Å². The number of carbonyl (C=O) groups excluding carboxylic acids is 5. The first-order valence-electron chi connectivity index (χ1n) is 21.3. The van der Waals surface area contributed by atoms with E-state index in [0.29, 0.717) is 43.3 Å². The summed E-state index contributed by atoms with van der Waals surface area (Å²) in [7, 11) is 2.78. The van der Waals surface area contributed by atoms with Crippen molar-refractivity contribution < 1.29 is 41.9 Å². The molecule has 2 aromatic carbocycles. The van der Waals surface area contributed by atoms with Gasteiger partial charge in [0.25, 0.3) is 17.7 Å². The molecule has 5 amide bonds. The van der Waals surface area contributed by atoms with E-state index in [9.17, 15) is 24.0 Å². The molecule has 0 bridgehead atoms. The minimum absolute atomic E-state index is 0.0575. The quantitative estimate of drug-likeness (QED) is 0.295. The van der Waals surface area contributed by atoms with Crippen LogP contribution in [-0.2, 0) is 14.4 Å². The number of alkyl halides is 2. The SMILES string of the molecule is COc1cc(N2CCC(CN3CCN(c4ccc5c(c4)C(=O)N(C4CCC(=O)NC4=O)C5=O)CC3)CC2)c(F)cc1Nc1ncc2c(n1)N(C1CCCC1)CC(F)(F)C(=O)N2C. The molecule has 2 N–H and O–H groups in total. The number of fused-ring (bicyclic) bond motifs is 2. The first kappa shape index (κ1) is 41.4. The Morgan fingerprint density at radius 2 is 1.60 bits per heavy atom. The zero-order chi connectivity index (χ0) is 43.4. The summed E-state index contributed by atoms with van der Waals surface area (Å²) in [6.07, 6.45) is 6.45. The molecule has 4 fully saturated rings. The molecule has 328 valence electrons.